The predicted molar refractivity (Wildman–Crippen MR) is 65.0 cm³/mol. The van der Waals surface area contributed by atoms with Gasteiger partial charge in [-0.15, -0.1) is 0 Å². The fourth-order valence-corrected chi connectivity index (χ4v) is 1.60. The van der Waals surface area contributed by atoms with Crippen molar-refractivity contribution in [2.45, 2.75) is 6.54 Å². The quantitative estimate of drug-likeness (QED) is 0.823. The van der Waals surface area contributed by atoms with Crippen LogP contribution in [-0.2, 0) is 13.6 Å². The molecule has 1 aromatic carbocycles. The second-order valence-electron chi connectivity index (χ2n) is 3.77. The first-order valence-electron chi connectivity index (χ1n) is 5.17. The van der Waals surface area contributed by atoms with Gasteiger partial charge in [0.1, 0.15) is 0 Å². The molecule has 1 heterocycles. The molecular weight excluding hydrogens is 200 g/mol. The van der Waals surface area contributed by atoms with E-state index < -0.39 is 0 Å². The van der Waals surface area contributed by atoms with Gasteiger partial charge in [-0.3, -0.25) is 4.79 Å². The second kappa shape index (κ2) is 4.33. The normalized spacial score (nSPS) is 10.4. The van der Waals surface area contributed by atoms with Crippen LogP contribution in [0.25, 0.3) is 11.1 Å². The third kappa shape index (κ3) is 2.04. The van der Waals surface area contributed by atoms with E-state index in [1.165, 1.54) is 0 Å². The van der Waals surface area contributed by atoms with Gasteiger partial charge < -0.3 is 10.3 Å². The van der Waals surface area contributed by atoms with Crippen LogP contribution >= 0.6 is 0 Å². The molecule has 0 saturated carbocycles. The van der Waals surface area contributed by atoms with Gasteiger partial charge in [0.05, 0.1) is 0 Å². The Labute approximate surface area is 94.1 Å². The van der Waals surface area contributed by atoms with Crippen LogP contribution in [-0.4, -0.2) is 4.57 Å². The highest BCUT2D eigenvalue weighted by Crippen LogP contribution is 2.17. The summed E-state index contributed by atoms with van der Waals surface area (Å²) in [4.78, 5) is 11.2. The first kappa shape index (κ1) is 10.6. The van der Waals surface area contributed by atoms with Crippen LogP contribution in [0, 0.1) is 0 Å². The van der Waals surface area contributed by atoms with Gasteiger partial charge in [-0.1, -0.05) is 24.3 Å². The van der Waals surface area contributed by atoms with Crippen molar-refractivity contribution >= 4 is 0 Å². The number of benzene rings is 1. The fraction of sp³-hybridized carbons (Fsp3) is 0.154. The lowest BCUT2D eigenvalue weighted by Crippen LogP contribution is -2.13. The maximum atomic E-state index is 11.2. The first-order valence-corrected chi connectivity index (χ1v) is 5.17. The standard InChI is InChI=1S/C13H14N2O/c1-15-9-12(6-7-13(15)16)11-4-2-10(8-14)3-5-11/h2-7,9H,8,14H2,1H3. The number of rotatable bonds is 2. The van der Waals surface area contributed by atoms with Gasteiger partial charge in [0.25, 0.3) is 0 Å². The van der Waals surface area contributed by atoms with E-state index in [9.17, 15) is 4.79 Å². The van der Waals surface area contributed by atoms with Gasteiger partial charge in [-0.2, -0.15) is 0 Å². The minimum atomic E-state index is 0.00216. The minimum absolute atomic E-state index is 0.00216. The average molecular weight is 214 g/mol. The number of pyridine rings is 1. The van der Waals surface area contributed by atoms with Crippen molar-refractivity contribution in [1.82, 2.24) is 4.57 Å². The van der Waals surface area contributed by atoms with E-state index in [1.54, 1.807) is 17.7 Å². The maximum absolute atomic E-state index is 11.2. The average Bonchev–Trinajstić information content (AvgIpc) is 2.33. The zero-order valence-electron chi connectivity index (χ0n) is 9.18. The Morgan fingerprint density at radius 2 is 1.69 bits per heavy atom. The summed E-state index contributed by atoms with van der Waals surface area (Å²) in [6.07, 6.45) is 1.83. The van der Waals surface area contributed by atoms with Crippen molar-refractivity contribution in [1.29, 1.82) is 0 Å². The number of hydrogen-bond acceptors (Lipinski definition) is 2. The molecule has 1 aromatic heterocycles. The maximum Gasteiger partial charge on any atom is 0.250 e. The Morgan fingerprint density at radius 3 is 2.25 bits per heavy atom. The molecule has 2 aromatic rings. The number of nitrogens with zero attached hydrogens (tertiary/aromatic N) is 1. The third-order valence-corrected chi connectivity index (χ3v) is 2.61. The van der Waals surface area contributed by atoms with Gasteiger partial charge in [-0.25, -0.2) is 0 Å². The van der Waals surface area contributed by atoms with Crippen molar-refractivity contribution in [2.24, 2.45) is 12.8 Å². The molecule has 2 rings (SSSR count). The van der Waals surface area contributed by atoms with Crippen molar-refractivity contribution in [3.05, 3.63) is 58.5 Å². The Bertz CT molecular complexity index is 541. The summed E-state index contributed by atoms with van der Waals surface area (Å²) in [6, 6.07) is 11.4. The van der Waals surface area contributed by atoms with Crippen LogP contribution in [0.1, 0.15) is 5.56 Å². The Hall–Kier alpha value is -1.87. The summed E-state index contributed by atoms with van der Waals surface area (Å²) < 4.78 is 1.58. The van der Waals surface area contributed by atoms with Crippen LogP contribution in [0.15, 0.2) is 47.4 Å². The number of aryl methyl sites for hydroxylation is 1. The van der Waals surface area contributed by atoms with Crippen LogP contribution in [0.3, 0.4) is 0 Å². The van der Waals surface area contributed by atoms with Crippen LogP contribution < -0.4 is 11.3 Å². The molecule has 0 saturated heterocycles. The van der Waals surface area contributed by atoms with Crippen molar-refractivity contribution < 1.29 is 0 Å². The van der Waals surface area contributed by atoms with Crippen LogP contribution in [0.2, 0.25) is 0 Å². The molecule has 0 aliphatic carbocycles. The van der Waals surface area contributed by atoms with E-state index in [-0.39, 0.29) is 5.56 Å². The molecule has 0 aliphatic heterocycles. The third-order valence-electron chi connectivity index (χ3n) is 2.61. The predicted octanol–water partition coefficient (Wildman–Crippen LogP) is 1.51. The molecule has 0 spiro atoms. The molecule has 0 radical (unpaired) electrons. The van der Waals surface area contributed by atoms with E-state index in [0.717, 1.165) is 16.7 Å². The molecule has 16 heavy (non-hydrogen) atoms. The molecule has 82 valence electrons. The van der Waals surface area contributed by atoms with Crippen molar-refractivity contribution in [2.75, 3.05) is 0 Å². The van der Waals surface area contributed by atoms with Crippen LogP contribution in [0.4, 0.5) is 0 Å². The molecule has 2 N–H and O–H groups in total. The molecule has 0 amide bonds. The lowest BCUT2D eigenvalue weighted by molar-refractivity contribution is 0.862. The summed E-state index contributed by atoms with van der Waals surface area (Å²) in [5.74, 6) is 0. The Morgan fingerprint density at radius 1 is 1.06 bits per heavy atom. The molecule has 0 bridgehead atoms. The largest absolute Gasteiger partial charge is 0.326 e. The van der Waals surface area contributed by atoms with E-state index in [0.29, 0.717) is 6.54 Å². The van der Waals surface area contributed by atoms with Crippen LogP contribution in [0.5, 0.6) is 0 Å². The summed E-state index contributed by atoms with van der Waals surface area (Å²) in [7, 11) is 1.75. The molecule has 3 heteroatoms. The van der Waals surface area contributed by atoms with Crippen molar-refractivity contribution in [3.8, 4) is 11.1 Å². The molecule has 0 aliphatic rings. The summed E-state index contributed by atoms with van der Waals surface area (Å²) in [5, 5.41) is 0. The number of hydrogen-bond donors (Lipinski definition) is 1. The zero-order chi connectivity index (χ0) is 11.5. The molecular formula is C13H14N2O. The van der Waals surface area contributed by atoms with E-state index in [4.69, 9.17) is 5.73 Å². The topological polar surface area (TPSA) is 48.0 Å². The monoisotopic (exact) mass is 214 g/mol. The summed E-state index contributed by atoms with van der Waals surface area (Å²) >= 11 is 0. The Kier molecular flexibility index (Phi) is 2.88. The van der Waals surface area contributed by atoms with Crippen molar-refractivity contribution in [3.63, 3.8) is 0 Å². The number of aromatic nitrogens is 1. The molecule has 0 unspecified atom stereocenters. The zero-order valence-corrected chi connectivity index (χ0v) is 9.18. The van der Waals surface area contributed by atoms with Gasteiger partial charge in [0.15, 0.2) is 0 Å². The first-order chi connectivity index (χ1) is 7.70. The fourth-order valence-electron chi connectivity index (χ4n) is 1.60. The van der Waals surface area contributed by atoms with Gasteiger partial charge in [0, 0.05) is 25.9 Å². The molecule has 3 nitrogen and oxygen atoms in total. The summed E-state index contributed by atoms with van der Waals surface area (Å²) in [6.45, 7) is 0.549. The lowest BCUT2D eigenvalue weighted by Gasteiger charge is -2.04. The highest BCUT2D eigenvalue weighted by molar-refractivity contribution is 5.62. The van der Waals surface area contributed by atoms with Gasteiger partial charge in [0.2, 0.25) is 5.56 Å². The molecule has 0 atom stereocenters. The second-order valence-corrected chi connectivity index (χ2v) is 3.77. The number of nitrogens with two attached hydrogens (primary N) is 1. The van der Waals surface area contributed by atoms with E-state index in [1.807, 2.05) is 36.5 Å². The minimum Gasteiger partial charge on any atom is -0.326 e. The lowest BCUT2D eigenvalue weighted by atomic mass is 10.1. The van der Waals surface area contributed by atoms with Gasteiger partial charge >= 0.3 is 0 Å². The molecule has 0 fully saturated rings. The SMILES string of the molecule is Cn1cc(-c2ccc(CN)cc2)ccc1=O. The van der Waals surface area contributed by atoms with E-state index >= 15 is 0 Å². The smallest absolute Gasteiger partial charge is 0.250 e. The highest BCUT2D eigenvalue weighted by Gasteiger charge is 1.99. The van der Waals surface area contributed by atoms with Gasteiger partial charge in [-0.05, 0) is 22.8 Å². The highest BCUT2D eigenvalue weighted by atomic mass is 16.1. The Balaban J connectivity index is 2.42. The summed E-state index contributed by atoms with van der Waals surface area (Å²) in [5.41, 5.74) is 8.77. The van der Waals surface area contributed by atoms with E-state index in [2.05, 4.69) is 0 Å².